The van der Waals surface area contributed by atoms with Crippen LogP contribution in [0.15, 0.2) is 54.6 Å². The number of nitrogens with one attached hydrogen (secondary N) is 2. The molecule has 174 valence electrons. The van der Waals surface area contributed by atoms with Gasteiger partial charge < -0.3 is 15.5 Å². The van der Waals surface area contributed by atoms with Crippen LogP contribution in [-0.2, 0) is 10.2 Å². The molecule has 0 aliphatic carbocycles. The Labute approximate surface area is 203 Å². The van der Waals surface area contributed by atoms with Gasteiger partial charge in [-0.25, -0.2) is 9.48 Å². The molecule has 2 aromatic carbocycles. The molecular weight excluding hydrogens is 461 g/mol. The molecule has 9 heteroatoms. The summed E-state index contributed by atoms with van der Waals surface area (Å²) in [5, 5.41) is 11.1. The molecule has 3 aromatic rings. The van der Waals surface area contributed by atoms with Crippen LogP contribution in [-0.4, -0.2) is 39.7 Å². The zero-order valence-electron chi connectivity index (χ0n) is 19.0. The van der Waals surface area contributed by atoms with E-state index in [-0.39, 0.29) is 17.9 Å². The normalized spacial score (nSPS) is 11.2. The van der Waals surface area contributed by atoms with E-state index in [1.54, 1.807) is 29.8 Å². The smallest absolute Gasteiger partial charge is 0.315 e. The monoisotopic (exact) mass is 487 g/mol. The molecular formula is C24H27Cl2N5O2. The Hall–Kier alpha value is -3.03. The fraction of sp³-hybridized carbons (Fsp3) is 0.292. The Bertz CT molecular complexity index is 1140. The van der Waals surface area contributed by atoms with E-state index >= 15 is 0 Å². The molecule has 7 nitrogen and oxygen atoms in total. The number of carbonyl (C=O) groups excluding carboxylic acids is 2. The molecule has 0 atom stereocenters. The fourth-order valence-electron chi connectivity index (χ4n) is 3.06. The average molecular weight is 488 g/mol. The number of amides is 3. The number of aromatic nitrogens is 2. The van der Waals surface area contributed by atoms with Crippen molar-refractivity contribution in [2.45, 2.75) is 33.1 Å². The minimum absolute atomic E-state index is 0.130. The molecule has 0 aliphatic heterocycles. The maximum absolute atomic E-state index is 12.9. The highest BCUT2D eigenvalue weighted by Gasteiger charge is 2.23. The number of nitrogens with zero attached hydrogens (tertiary/aromatic N) is 3. The summed E-state index contributed by atoms with van der Waals surface area (Å²) in [6, 6.07) is 15.8. The molecule has 33 heavy (non-hydrogen) atoms. The van der Waals surface area contributed by atoms with Gasteiger partial charge in [0.2, 0.25) is 5.91 Å². The van der Waals surface area contributed by atoms with Gasteiger partial charge in [-0.2, -0.15) is 5.10 Å². The molecule has 0 radical (unpaired) electrons. The number of hydrogen-bond acceptors (Lipinski definition) is 3. The molecule has 0 fully saturated rings. The summed E-state index contributed by atoms with van der Waals surface area (Å²) in [5.41, 5.74) is 1.96. The summed E-state index contributed by atoms with van der Waals surface area (Å²) >= 11 is 11.9. The second-order valence-electron chi connectivity index (χ2n) is 8.53. The van der Waals surface area contributed by atoms with Crippen molar-refractivity contribution >= 4 is 46.6 Å². The Morgan fingerprint density at radius 2 is 1.70 bits per heavy atom. The summed E-state index contributed by atoms with van der Waals surface area (Å²) < 4.78 is 1.70. The lowest BCUT2D eigenvalue weighted by molar-refractivity contribution is -0.116. The van der Waals surface area contributed by atoms with E-state index in [4.69, 9.17) is 28.3 Å². The van der Waals surface area contributed by atoms with Gasteiger partial charge in [0.25, 0.3) is 0 Å². The molecule has 0 bridgehead atoms. The minimum atomic E-state index is -0.419. The van der Waals surface area contributed by atoms with E-state index in [0.29, 0.717) is 28.1 Å². The lowest BCUT2D eigenvalue weighted by Crippen LogP contribution is -2.40. The Morgan fingerprint density at radius 3 is 2.30 bits per heavy atom. The SMILES string of the molecule is CCN(CC(=O)Nc1cc(C(C)(C)C)nn1-c1ccccc1)C(=O)Nc1ccc(Cl)c(Cl)c1. The summed E-state index contributed by atoms with van der Waals surface area (Å²) in [6.45, 7) is 8.18. The van der Waals surface area contributed by atoms with Crippen molar-refractivity contribution in [3.05, 3.63) is 70.3 Å². The maximum Gasteiger partial charge on any atom is 0.322 e. The molecule has 1 aromatic heterocycles. The highest BCUT2D eigenvalue weighted by atomic mass is 35.5. The van der Waals surface area contributed by atoms with Crippen molar-refractivity contribution in [2.24, 2.45) is 0 Å². The maximum atomic E-state index is 12.9. The van der Waals surface area contributed by atoms with E-state index in [9.17, 15) is 9.59 Å². The quantitative estimate of drug-likeness (QED) is 0.449. The number of hydrogen-bond donors (Lipinski definition) is 2. The van der Waals surface area contributed by atoms with Crippen LogP contribution in [0.4, 0.5) is 16.3 Å². The molecule has 0 unspecified atom stereocenters. The van der Waals surface area contributed by atoms with Gasteiger partial charge in [-0.3, -0.25) is 4.79 Å². The minimum Gasteiger partial charge on any atom is -0.315 e. The number of halogens is 2. The first kappa shape index (κ1) is 24.6. The first-order chi connectivity index (χ1) is 15.6. The first-order valence-electron chi connectivity index (χ1n) is 10.5. The number of anilines is 2. The molecule has 3 rings (SSSR count). The van der Waals surface area contributed by atoms with Crippen LogP contribution in [0, 0.1) is 0 Å². The lowest BCUT2D eigenvalue weighted by atomic mass is 9.92. The number of benzene rings is 2. The summed E-state index contributed by atoms with van der Waals surface area (Å²) in [7, 11) is 0. The highest BCUT2D eigenvalue weighted by molar-refractivity contribution is 6.42. The van der Waals surface area contributed by atoms with Gasteiger partial charge in [-0.15, -0.1) is 0 Å². The van der Waals surface area contributed by atoms with E-state index in [2.05, 4.69) is 31.4 Å². The highest BCUT2D eigenvalue weighted by Crippen LogP contribution is 2.27. The number of carbonyl (C=O) groups is 2. The van der Waals surface area contributed by atoms with Crippen molar-refractivity contribution in [3.8, 4) is 5.69 Å². The van der Waals surface area contributed by atoms with Crippen molar-refractivity contribution in [1.29, 1.82) is 0 Å². The van der Waals surface area contributed by atoms with Gasteiger partial charge in [-0.05, 0) is 37.3 Å². The van der Waals surface area contributed by atoms with Crippen LogP contribution < -0.4 is 10.6 Å². The largest absolute Gasteiger partial charge is 0.322 e. The third kappa shape index (κ3) is 6.27. The summed E-state index contributed by atoms with van der Waals surface area (Å²) in [6.07, 6.45) is 0. The third-order valence-corrected chi connectivity index (χ3v) is 5.66. The van der Waals surface area contributed by atoms with Crippen LogP contribution in [0.3, 0.4) is 0 Å². The number of likely N-dealkylation sites (N-methyl/N-ethyl adjacent to an activating group) is 1. The van der Waals surface area contributed by atoms with Gasteiger partial charge >= 0.3 is 6.03 Å². The van der Waals surface area contributed by atoms with Gasteiger partial charge in [0.1, 0.15) is 12.4 Å². The number of para-hydroxylation sites is 1. The number of rotatable bonds is 6. The fourth-order valence-corrected chi connectivity index (χ4v) is 3.36. The molecule has 0 saturated heterocycles. The zero-order valence-corrected chi connectivity index (χ0v) is 20.5. The Morgan fingerprint density at radius 1 is 1.00 bits per heavy atom. The molecule has 1 heterocycles. The zero-order chi connectivity index (χ0) is 24.2. The van der Waals surface area contributed by atoms with Crippen LogP contribution in [0.5, 0.6) is 0 Å². The van der Waals surface area contributed by atoms with Crippen LogP contribution in [0.1, 0.15) is 33.4 Å². The molecule has 0 spiro atoms. The van der Waals surface area contributed by atoms with E-state index in [1.165, 1.54) is 4.90 Å². The number of urea groups is 1. The van der Waals surface area contributed by atoms with Crippen molar-refractivity contribution in [2.75, 3.05) is 23.7 Å². The van der Waals surface area contributed by atoms with Crippen LogP contribution in [0.2, 0.25) is 10.0 Å². The first-order valence-corrected chi connectivity index (χ1v) is 11.3. The second kappa shape index (κ2) is 10.3. The summed E-state index contributed by atoms with van der Waals surface area (Å²) in [5.74, 6) is 0.204. The van der Waals surface area contributed by atoms with Crippen LogP contribution >= 0.6 is 23.2 Å². The summed E-state index contributed by atoms with van der Waals surface area (Å²) in [4.78, 5) is 27.0. The molecule has 0 aliphatic rings. The topological polar surface area (TPSA) is 79.3 Å². The van der Waals surface area contributed by atoms with E-state index < -0.39 is 6.03 Å². The Kier molecular flexibility index (Phi) is 7.66. The second-order valence-corrected chi connectivity index (χ2v) is 9.35. The van der Waals surface area contributed by atoms with E-state index in [0.717, 1.165) is 11.4 Å². The van der Waals surface area contributed by atoms with Gasteiger partial charge in [0.15, 0.2) is 0 Å². The van der Waals surface area contributed by atoms with Crippen molar-refractivity contribution in [1.82, 2.24) is 14.7 Å². The molecule has 2 N–H and O–H groups in total. The average Bonchev–Trinajstić information content (AvgIpc) is 3.19. The third-order valence-electron chi connectivity index (χ3n) is 4.92. The van der Waals surface area contributed by atoms with Gasteiger partial charge in [0.05, 0.1) is 21.4 Å². The van der Waals surface area contributed by atoms with Gasteiger partial charge in [-0.1, -0.05) is 62.2 Å². The van der Waals surface area contributed by atoms with Crippen LogP contribution in [0.25, 0.3) is 5.69 Å². The van der Waals surface area contributed by atoms with E-state index in [1.807, 2.05) is 36.4 Å². The predicted octanol–water partition coefficient (Wildman–Crippen LogP) is 5.97. The predicted molar refractivity (Wildman–Crippen MR) is 134 cm³/mol. The standard InChI is InChI=1S/C24H27Cl2N5O2/c1-5-30(23(33)27-16-11-12-18(25)19(26)13-16)15-22(32)28-21-14-20(24(2,3)4)29-31(21)17-9-7-6-8-10-17/h6-14H,5,15H2,1-4H3,(H,27,33)(H,28,32). The van der Waals surface area contributed by atoms with Crippen molar-refractivity contribution < 1.29 is 9.59 Å². The van der Waals surface area contributed by atoms with Gasteiger partial charge in [0, 0.05) is 23.7 Å². The Balaban J connectivity index is 1.75. The lowest BCUT2D eigenvalue weighted by Gasteiger charge is -2.21. The van der Waals surface area contributed by atoms with Crippen molar-refractivity contribution in [3.63, 3.8) is 0 Å². The molecule has 3 amide bonds. The molecule has 0 saturated carbocycles.